The number of hydrogen-bond donors (Lipinski definition) is 0. The average Bonchev–Trinajstić information content (AvgIpc) is 2.55. The first-order valence-electron chi connectivity index (χ1n) is 7.00. The maximum atomic E-state index is 12.9. The van der Waals surface area contributed by atoms with Crippen LogP contribution in [0.1, 0.15) is 38.8 Å². The van der Waals surface area contributed by atoms with Crippen molar-refractivity contribution in [1.82, 2.24) is 0 Å². The maximum Gasteiger partial charge on any atom is 0.498 e. The monoisotopic (exact) mass is 316 g/mol. The van der Waals surface area contributed by atoms with Crippen molar-refractivity contribution >= 4 is 12.6 Å². The predicted molar refractivity (Wildman–Crippen MR) is 78.4 cm³/mol. The van der Waals surface area contributed by atoms with E-state index in [2.05, 4.69) is 0 Å². The summed E-state index contributed by atoms with van der Waals surface area (Å²) in [5, 5.41) is 0. The first-order chi connectivity index (χ1) is 9.89. The number of hydrogen-bond acceptors (Lipinski definition) is 3. The van der Waals surface area contributed by atoms with Gasteiger partial charge >= 0.3 is 13.3 Å². The molecule has 1 aromatic rings. The van der Waals surface area contributed by atoms with Gasteiger partial charge in [0.2, 0.25) is 0 Å². The largest absolute Gasteiger partial charge is 0.498 e. The second-order valence-corrected chi connectivity index (χ2v) is 6.50. The lowest BCUT2D eigenvalue weighted by molar-refractivity contribution is -0.137. The van der Waals surface area contributed by atoms with Crippen molar-refractivity contribution in [2.45, 2.75) is 52.0 Å². The molecule has 0 atom stereocenters. The molecule has 0 N–H and O–H groups in total. The molecule has 122 valence electrons. The summed E-state index contributed by atoms with van der Waals surface area (Å²) in [6.07, 6.45) is -4.42. The van der Waals surface area contributed by atoms with Crippen molar-refractivity contribution < 1.29 is 27.2 Å². The Morgan fingerprint density at radius 3 is 1.95 bits per heavy atom. The molecule has 1 saturated heterocycles. The van der Waals surface area contributed by atoms with E-state index >= 15 is 0 Å². The Hall–Kier alpha value is -1.21. The number of halogens is 3. The SMILES string of the molecule is COc1cc(C(F)(F)F)cc(C)c1B1OC(C)(C)C(C)(C)O1. The zero-order chi connectivity index (χ0) is 16.9. The molecule has 0 amide bonds. The fraction of sp³-hybridized carbons (Fsp3) is 0.600. The average molecular weight is 316 g/mol. The van der Waals surface area contributed by atoms with Crippen LogP contribution in [0.25, 0.3) is 0 Å². The highest BCUT2D eigenvalue weighted by Gasteiger charge is 2.53. The van der Waals surface area contributed by atoms with E-state index in [1.54, 1.807) is 6.92 Å². The number of methoxy groups -OCH3 is 1. The molecule has 1 fully saturated rings. The zero-order valence-electron chi connectivity index (χ0n) is 13.6. The van der Waals surface area contributed by atoms with Gasteiger partial charge in [-0.1, -0.05) is 0 Å². The van der Waals surface area contributed by atoms with E-state index in [1.807, 2.05) is 27.7 Å². The Morgan fingerprint density at radius 1 is 1.05 bits per heavy atom. The minimum Gasteiger partial charge on any atom is -0.497 e. The minimum atomic E-state index is -4.42. The molecule has 2 rings (SSSR count). The lowest BCUT2D eigenvalue weighted by atomic mass is 9.75. The summed E-state index contributed by atoms with van der Waals surface area (Å²) < 4.78 is 55.7. The predicted octanol–water partition coefficient (Wildman–Crippen LogP) is 3.32. The van der Waals surface area contributed by atoms with Crippen LogP contribution in [-0.4, -0.2) is 25.4 Å². The van der Waals surface area contributed by atoms with Gasteiger partial charge in [-0.15, -0.1) is 0 Å². The van der Waals surface area contributed by atoms with Crippen LogP contribution in [-0.2, 0) is 15.5 Å². The van der Waals surface area contributed by atoms with Crippen LogP contribution in [0.4, 0.5) is 13.2 Å². The third-order valence-electron chi connectivity index (χ3n) is 4.39. The van der Waals surface area contributed by atoms with Crippen LogP contribution in [0, 0.1) is 6.92 Å². The lowest BCUT2D eigenvalue weighted by Gasteiger charge is -2.32. The Bertz CT molecular complexity index is 566. The molecule has 1 aliphatic rings. The maximum absolute atomic E-state index is 12.9. The Morgan fingerprint density at radius 2 is 1.55 bits per heavy atom. The fourth-order valence-corrected chi connectivity index (χ4v) is 2.36. The number of benzene rings is 1. The molecule has 0 aliphatic carbocycles. The van der Waals surface area contributed by atoms with E-state index in [-0.39, 0.29) is 5.75 Å². The molecule has 22 heavy (non-hydrogen) atoms. The highest BCUT2D eigenvalue weighted by atomic mass is 19.4. The van der Waals surface area contributed by atoms with E-state index < -0.39 is 30.1 Å². The quantitative estimate of drug-likeness (QED) is 0.784. The van der Waals surface area contributed by atoms with Crippen molar-refractivity contribution in [3.63, 3.8) is 0 Å². The summed E-state index contributed by atoms with van der Waals surface area (Å²) in [6.45, 7) is 9.15. The minimum absolute atomic E-state index is 0.117. The molecule has 0 unspecified atom stereocenters. The van der Waals surface area contributed by atoms with Gasteiger partial charge in [0.25, 0.3) is 0 Å². The number of ether oxygens (including phenoxy) is 1. The topological polar surface area (TPSA) is 27.7 Å². The summed E-state index contributed by atoms with van der Waals surface area (Å²) in [5.74, 6) is 0.117. The van der Waals surface area contributed by atoms with Gasteiger partial charge in [-0.25, -0.2) is 0 Å². The van der Waals surface area contributed by atoms with Crippen LogP contribution in [0.3, 0.4) is 0 Å². The number of alkyl halides is 3. The van der Waals surface area contributed by atoms with Gasteiger partial charge in [-0.05, 0) is 52.3 Å². The Balaban J connectivity index is 2.49. The highest BCUT2D eigenvalue weighted by Crippen LogP contribution is 2.38. The van der Waals surface area contributed by atoms with E-state index in [4.69, 9.17) is 14.0 Å². The molecule has 1 aliphatic heterocycles. The van der Waals surface area contributed by atoms with Gasteiger partial charge in [0.05, 0.1) is 23.9 Å². The van der Waals surface area contributed by atoms with E-state index in [9.17, 15) is 13.2 Å². The Labute approximate surface area is 128 Å². The molecule has 1 heterocycles. The van der Waals surface area contributed by atoms with Gasteiger partial charge in [-0.2, -0.15) is 13.2 Å². The van der Waals surface area contributed by atoms with E-state index in [0.717, 1.165) is 12.1 Å². The van der Waals surface area contributed by atoms with E-state index in [1.165, 1.54) is 7.11 Å². The third kappa shape index (κ3) is 2.84. The summed E-state index contributed by atoms with van der Waals surface area (Å²) in [5.41, 5.74) is -0.975. The highest BCUT2D eigenvalue weighted by molar-refractivity contribution is 6.63. The molecule has 7 heteroatoms. The Kier molecular flexibility index (Phi) is 4.03. The first kappa shape index (κ1) is 17.2. The first-order valence-corrected chi connectivity index (χ1v) is 7.00. The third-order valence-corrected chi connectivity index (χ3v) is 4.39. The van der Waals surface area contributed by atoms with Crippen molar-refractivity contribution in [1.29, 1.82) is 0 Å². The van der Waals surface area contributed by atoms with Gasteiger partial charge in [0.1, 0.15) is 5.75 Å². The van der Waals surface area contributed by atoms with Crippen LogP contribution in [0.15, 0.2) is 12.1 Å². The fourth-order valence-electron chi connectivity index (χ4n) is 2.36. The molecule has 0 aromatic heterocycles. The molecule has 1 aromatic carbocycles. The molecule has 0 bridgehead atoms. The second-order valence-electron chi connectivity index (χ2n) is 6.50. The zero-order valence-corrected chi connectivity index (χ0v) is 13.6. The molecule has 0 saturated carbocycles. The van der Waals surface area contributed by atoms with Gasteiger partial charge in [-0.3, -0.25) is 0 Å². The summed E-state index contributed by atoms with van der Waals surface area (Å²) in [6, 6.07) is 2.07. The summed E-state index contributed by atoms with van der Waals surface area (Å²) >= 11 is 0. The molecular formula is C15H20BF3O3. The van der Waals surface area contributed by atoms with Crippen LogP contribution < -0.4 is 10.2 Å². The van der Waals surface area contributed by atoms with Gasteiger partial charge < -0.3 is 14.0 Å². The van der Waals surface area contributed by atoms with E-state index in [0.29, 0.717) is 11.0 Å². The standard InChI is InChI=1S/C15H20BF3O3/c1-9-7-10(15(17,18)19)8-11(20-6)12(9)16-21-13(2,3)14(4,5)22-16/h7-8H,1-6H3. The van der Waals surface area contributed by atoms with Crippen molar-refractivity contribution in [2.24, 2.45) is 0 Å². The number of aryl methyl sites for hydroxylation is 1. The van der Waals surface area contributed by atoms with Crippen LogP contribution in [0.2, 0.25) is 0 Å². The summed E-state index contributed by atoms with van der Waals surface area (Å²) in [7, 11) is 0.575. The van der Waals surface area contributed by atoms with Crippen LogP contribution in [0.5, 0.6) is 5.75 Å². The molecule has 0 spiro atoms. The van der Waals surface area contributed by atoms with Gasteiger partial charge in [0.15, 0.2) is 0 Å². The van der Waals surface area contributed by atoms with Crippen molar-refractivity contribution in [3.05, 3.63) is 23.3 Å². The second kappa shape index (κ2) is 5.16. The smallest absolute Gasteiger partial charge is 0.497 e. The van der Waals surface area contributed by atoms with Crippen molar-refractivity contribution in [3.8, 4) is 5.75 Å². The van der Waals surface area contributed by atoms with Crippen molar-refractivity contribution in [2.75, 3.05) is 7.11 Å². The molecule has 3 nitrogen and oxygen atoms in total. The van der Waals surface area contributed by atoms with Crippen LogP contribution >= 0.6 is 0 Å². The number of rotatable bonds is 2. The van der Waals surface area contributed by atoms with Gasteiger partial charge in [0, 0.05) is 5.46 Å². The normalized spacial score (nSPS) is 20.3. The summed E-state index contributed by atoms with van der Waals surface area (Å²) in [4.78, 5) is 0. The molecule has 0 radical (unpaired) electrons. The lowest BCUT2D eigenvalue weighted by Crippen LogP contribution is -2.41. The molecular weight excluding hydrogens is 296 g/mol.